The second kappa shape index (κ2) is 53.3. The van der Waals surface area contributed by atoms with Gasteiger partial charge in [-0.2, -0.15) is 0 Å². The maximum Gasteiger partial charge on any atom is 0.472 e. The smallest absolute Gasteiger partial charge is 0.456 e. The van der Waals surface area contributed by atoms with Gasteiger partial charge in [-0.15, -0.1) is 0 Å². The van der Waals surface area contributed by atoms with Gasteiger partial charge >= 0.3 is 13.8 Å². The molecule has 0 aromatic carbocycles. The minimum Gasteiger partial charge on any atom is -0.456 e. The lowest BCUT2D eigenvalue weighted by atomic mass is 10.1. The zero-order valence-corrected chi connectivity index (χ0v) is 49.4. The first-order valence-corrected chi connectivity index (χ1v) is 31.6. The van der Waals surface area contributed by atoms with Crippen molar-refractivity contribution < 1.29 is 37.3 Å². The van der Waals surface area contributed by atoms with Crippen LogP contribution in [0.1, 0.15) is 245 Å². The molecule has 0 rings (SSSR count). The van der Waals surface area contributed by atoms with Crippen LogP contribution in [0.15, 0.2) is 97.2 Å². The zero-order chi connectivity index (χ0) is 54.3. The first-order chi connectivity index (χ1) is 35.9. The van der Waals surface area contributed by atoms with Crippen LogP contribution in [0, 0.1) is 0 Å². The van der Waals surface area contributed by atoms with Crippen molar-refractivity contribution in [2.75, 3.05) is 40.9 Å². The topological polar surface area (TPSA) is 111 Å². The summed E-state index contributed by atoms with van der Waals surface area (Å²) in [7, 11) is 1.46. The predicted octanol–water partition coefficient (Wildman–Crippen LogP) is 18.4. The Morgan fingerprint density at radius 1 is 0.486 bits per heavy atom. The van der Waals surface area contributed by atoms with E-state index in [1.54, 1.807) is 0 Å². The molecule has 0 aliphatic carbocycles. The molecule has 0 fully saturated rings. The van der Waals surface area contributed by atoms with E-state index in [9.17, 15) is 19.0 Å². The van der Waals surface area contributed by atoms with E-state index < -0.39 is 20.0 Å². The number of hydrogen-bond donors (Lipinski definition) is 2. The van der Waals surface area contributed by atoms with E-state index in [2.05, 4.69) is 111 Å². The van der Waals surface area contributed by atoms with Crippen LogP contribution in [0.5, 0.6) is 0 Å². The number of ether oxygens (including phenoxy) is 1. The number of hydrogen-bond acceptors (Lipinski definition) is 6. The van der Waals surface area contributed by atoms with Crippen molar-refractivity contribution in [3.63, 3.8) is 0 Å². The summed E-state index contributed by atoms with van der Waals surface area (Å²) >= 11 is 0. The molecule has 0 aliphatic rings. The third-order valence-electron chi connectivity index (χ3n) is 12.8. The van der Waals surface area contributed by atoms with Crippen LogP contribution in [-0.4, -0.2) is 74.3 Å². The van der Waals surface area contributed by atoms with Crippen molar-refractivity contribution in [3.05, 3.63) is 97.2 Å². The molecule has 2 N–H and O–H groups in total. The van der Waals surface area contributed by atoms with Gasteiger partial charge in [-0.05, 0) is 109 Å². The van der Waals surface area contributed by atoms with E-state index in [1.165, 1.54) is 96.3 Å². The molecule has 3 unspecified atom stereocenters. The molecule has 3 atom stereocenters. The lowest BCUT2D eigenvalue weighted by Crippen LogP contribution is -2.47. The maximum atomic E-state index is 13.5. The molecule has 10 heteroatoms. The summed E-state index contributed by atoms with van der Waals surface area (Å²) in [5.41, 5.74) is 0. The Kier molecular flexibility index (Phi) is 51.1. The number of carbonyl (C=O) groups is 2. The summed E-state index contributed by atoms with van der Waals surface area (Å²) in [5.74, 6) is -0.555. The summed E-state index contributed by atoms with van der Waals surface area (Å²) in [4.78, 5) is 37.6. The number of amides is 1. The van der Waals surface area contributed by atoms with E-state index in [0.717, 1.165) is 109 Å². The van der Waals surface area contributed by atoms with Gasteiger partial charge in [0, 0.05) is 12.8 Å². The van der Waals surface area contributed by atoms with Crippen LogP contribution in [0.2, 0.25) is 0 Å². The summed E-state index contributed by atoms with van der Waals surface area (Å²) in [6, 6.07) is -0.873. The van der Waals surface area contributed by atoms with Gasteiger partial charge in [0.15, 0.2) is 0 Å². The molecule has 74 heavy (non-hydrogen) atoms. The minimum atomic E-state index is -4.46. The normalized spacial score (nSPS) is 14.4. The number of phosphoric ester groups is 1. The number of phosphoric acid groups is 1. The lowest BCUT2D eigenvalue weighted by molar-refractivity contribution is -0.870. The number of nitrogens with one attached hydrogen (secondary N) is 1. The number of unbranched alkanes of at least 4 members (excludes halogenated alkanes) is 23. The Bertz CT molecular complexity index is 1590. The first kappa shape index (κ1) is 70.9. The van der Waals surface area contributed by atoms with Crippen molar-refractivity contribution in [1.82, 2.24) is 5.32 Å². The largest absolute Gasteiger partial charge is 0.472 e. The van der Waals surface area contributed by atoms with Crippen molar-refractivity contribution in [2.45, 2.75) is 258 Å². The summed E-state index contributed by atoms with van der Waals surface area (Å²) in [6.07, 6.45) is 71.2. The van der Waals surface area contributed by atoms with Crippen LogP contribution >= 0.6 is 7.82 Å². The average Bonchev–Trinajstić information content (AvgIpc) is 3.36. The number of allylic oxidation sites excluding steroid dienone is 15. The molecule has 0 aliphatic heterocycles. The number of esters is 1. The number of likely N-dealkylation sites (N-methyl/N-ethyl adjacent to an activating group) is 1. The minimum absolute atomic E-state index is 0.0279. The Labute approximate surface area is 456 Å². The Morgan fingerprint density at radius 3 is 1.34 bits per heavy atom. The van der Waals surface area contributed by atoms with Gasteiger partial charge < -0.3 is 19.4 Å². The maximum absolute atomic E-state index is 13.5. The van der Waals surface area contributed by atoms with Crippen LogP contribution in [-0.2, 0) is 27.9 Å². The second-order valence-corrected chi connectivity index (χ2v) is 22.6. The quantitative estimate of drug-likeness (QED) is 0.0205. The summed E-state index contributed by atoms with van der Waals surface area (Å²) in [6.45, 7) is 6.82. The van der Waals surface area contributed by atoms with Crippen molar-refractivity contribution in [1.29, 1.82) is 0 Å². The van der Waals surface area contributed by atoms with Gasteiger partial charge in [0.25, 0.3) is 0 Å². The first-order valence-electron chi connectivity index (χ1n) is 30.1. The molecule has 0 heterocycles. The fraction of sp³-hybridized carbons (Fsp3) is 0.719. The molecule has 0 saturated carbocycles. The highest BCUT2D eigenvalue weighted by Crippen LogP contribution is 2.43. The number of nitrogens with zero attached hydrogens (tertiary/aromatic N) is 1. The summed E-state index contributed by atoms with van der Waals surface area (Å²) in [5, 5.41) is 3.03. The van der Waals surface area contributed by atoms with Gasteiger partial charge in [-0.25, -0.2) is 4.57 Å². The van der Waals surface area contributed by atoms with Crippen molar-refractivity contribution >= 4 is 19.7 Å². The number of carbonyl (C=O) groups excluding carboxylic acids is 2. The van der Waals surface area contributed by atoms with Crippen LogP contribution in [0.4, 0.5) is 0 Å². The van der Waals surface area contributed by atoms with E-state index in [1.807, 2.05) is 33.3 Å². The molecule has 0 radical (unpaired) electrons. The second-order valence-electron chi connectivity index (χ2n) is 21.1. The monoisotopic (exact) mass is 1050 g/mol. The van der Waals surface area contributed by atoms with Crippen LogP contribution in [0.25, 0.3) is 0 Å². The molecule has 9 nitrogen and oxygen atoms in total. The highest BCUT2D eigenvalue weighted by atomic mass is 31.2. The van der Waals surface area contributed by atoms with E-state index in [0.29, 0.717) is 17.4 Å². The molecular formula is C64H114N2O7P+. The Morgan fingerprint density at radius 2 is 0.865 bits per heavy atom. The predicted molar refractivity (Wildman–Crippen MR) is 318 cm³/mol. The van der Waals surface area contributed by atoms with Gasteiger partial charge in [0.05, 0.1) is 33.8 Å². The zero-order valence-electron chi connectivity index (χ0n) is 48.6. The molecule has 0 aromatic rings. The molecule has 0 bridgehead atoms. The molecule has 0 spiro atoms. The Balaban J connectivity index is 5.30. The van der Waals surface area contributed by atoms with Crippen molar-refractivity contribution in [2.24, 2.45) is 0 Å². The molecule has 0 aromatic heterocycles. The van der Waals surface area contributed by atoms with Crippen LogP contribution in [0.3, 0.4) is 0 Å². The Hall–Kier alpha value is -3.07. The summed E-state index contributed by atoms with van der Waals surface area (Å²) < 4.78 is 30.6. The SMILES string of the molecule is CC/C=C/C/C=C/C/C=C/C/C=C/CCCCCC(=O)NC(COP(=O)(O)OCC[N+](C)(C)C)C(/C=C/CCCCCCCCCCC)OC(=O)CCCCCCCCCC/C=C\C/C=C\C/C=C\CCCCC. The molecule has 1 amide bonds. The lowest BCUT2D eigenvalue weighted by Gasteiger charge is -2.27. The van der Waals surface area contributed by atoms with Gasteiger partial charge in [-0.3, -0.25) is 18.6 Å². The third-order valence-corrected chi connectivity index (χ3v) is 13.7. The van der Waals surface area contributed by atoms with Crippen molar-refractivity contribution in [3.8, 4) is 0 Å². The van der Waals surface area contributed by atoms with Gasteiger partial charge in [0.2, 0.25) is 5.91 Å². The average molecular weight is 1050 g/mol. The fourth-order valence-corrected chi connectivity index (χ4v) is 8.85. The number of rotatable bonds is 53. The molecule has 426 valence electrons. The van der Waals surface area contributed by atoms with E-state index in [-0.39, 0.29) is 37.9 Å². The number of quaternary nitrogens is 1. The van der Waals surface area contributed by atoms with E-state index in [4.69, 9.17) is 13.8 Å². The third kappa shape index (κ3) is 53.7. The van der Waals surface area contributed by atoms with Gasteiger partial charge in [0.1, 0.15) is 19.3 Å². The fourth-order valence-electron chi connectivity index (χ4n) is 8.11. The highest BCUT2D eigenvalue weighted by molar-refractivity contribution is 7.47. The molecule has 0 saturated heterocycles. The van der Waals surface area contributed by atoms with E-state index >= 15 is 0 Å². The standard InChI is InChI=1S/C64H113N2O7P/c1-7-10-13-16-19-22-25-27-29-31-32-33-34-35-37-39-42-45-48-51-54-57-64(68)73-62(55-52-49-46-43-40-24-21-18-15-12-9-3)61(60-72-74(69,70)71-59-58-66(4,5)6)65-63(67)56-53-50-47-44-41-38-36-30-28-26-23-20-17-14-11-8-2/h11,14,19-20,22-23,27-30,32-33,38,41,52,55,61-62H,7-10,12-13,15-18,21,24-26,31,34-37,39-40,42-51,53-54,56-60H2,1-6H3,(H-,65,67,69,70)/p+1/b14-11+,22-19-,23-20+,29-27-,30-28+,33-32-,41-38+,55-52+. The molecular weight excluding hydrogens is 940 g/mol. The van der Waals surface area contributed by atoms with Gasteiger partial charge in [-0.1, -0.05) is 221 Å². The van der Waals surface area contributed by atoms with Crippen LogP contribution < -0.4 is 5.32 Å². The highest BCUT2D eigenvalue weighted by Gasteiger charge is 2.30.